The Hall–Kier alpha value is -1.55. The highest BCUT2D eigenvalue weighted by molar-refractivity contribution is 7.15. The molecule has 3 rings (SSSR count). The molecule has 14 heavy (non-hydrogen) atoms. The molecule has 0 aliphatic heterocycles. The molecule has 0 saturated carbocycles. The summed E-state index contributed by atoms with van der Waals surface area (Å²) in [6.07, 6.45) is 2.03. The molecule has 0 spiro atoms. The number of hydrogen-bond donors (Lipinski definition) is 0. The fourth-order valence-corrected chi connectivity index (χ4v) is 2.29. The maximum absolute atomic E-state index is 5.15. The van der Waals surface area contributed by atoms with Crippen molar-refractivity contribution in [1.82, 2.24) is 9.38 Å². The summed E-state index contributed by atoms with van der Waals surface area (Å²) in [7, 11) is 1.67. The lowest BCUT2D eigenvalue weighted by molar-refractivity contribution is 0.415. The third-order valence-corrected chi connectivity index (χ3v) is 3.00. The number of thiazole rings is 1. The van der Waals surface area contributed by atoms with Crippen molar-refractivity contribution in [3.63, 3.8) is 0 Å². The maximum atomic E-state index is 5.15. The van der Waals surface area contributed by atoms with Crippen molar-refractivity contribution in [2.75, 3.05) is 7.11 Å². The molecule has 2 aromatic heterocycles. The largest absolute Gasteiger partial charge is 0.497 e. The Labute approximate surface area is 84.6 Å². The number of fused-ring (bicyclic) bond motifs is 3. The first-order valence-electron chi connectivity index (χ1n) is 4.28. The number of hydrogen-bond acceptors (Lipinski definition) is 3. The van der Waals surface area contributed by atoms with Gasteiger partial charge in [0.05, 0.1) is 18.1 Å². The standard InChI is InChI=1S/C10H8N2OS/c1-13-7-2-3-9-8(6-7)11-10-12(9)4-5-14-10/h2-6H,1H3. The van der Waals surface area contributed by atoms with Crippen LogP contribution in [0.1, 0.15) is 0 Å². The summed E-state index contributed by atoms with van der Waals surface area (Å²) >= 11 is 1.64. The zero-order valence-corrected chi connectivity index (χ0v) is 8.41. The van der Waals surface area contributed by atoms with E-state index in [9.17, 15) is 0 Å². The Kier molecular flexibility index (Phi) is 1.52. The van der Waals surface area contributed by atoms with Crippen LogP contribution in [-0.2, 0) is 0 Å². The zero-order chi connectivity index (χ0) is 9.54. The maximum Gasteiger partial charge on any atom is 0.194 e. The molecule has 0 atom stereocenters. The Morgan fingerprint density at radius 1 is 1.43 bits per heavy atom. The van der Waals surface area contributed by atoms with Gasteiger partial charge in [0.1, 0.15) is 5.75 Å². The van der Waals surface area contributed by atoms with Gasteiger partial charge in [0.25, 0.3) is 0 Å². The van der Waals surface area contributed by atoms with Gasteiger partial charge >= 0.3 is 0 Å². The van der Waals surface area contributed by atoms with Gasteiger partial charge < -0.3 is 4.74 Å². The molecule has 3 aromatic rings. The smallest absolute Gasteiger partial charge is 0.194 e. The summed E-state index contributed by atoms with van der Waals surface area (Å²) in [6, 6.07) is 5.93. The number of benzene rings is 1. The number of imidazole rings is 1. The molecule has 70 valence electrons. The molecule has 0 aliphatic rings. The molecule has 0 amide bonds. The average molecular weight is 204 g/mol. The molecule has 0 radical (unpaired) electrons. The normalized spacial score (nSPS) is 11.2. The van der Waals surface area contributed by atoms with Crippen LogP contribution in [0.5, 0.6) is 5.75 Å². The first-order chi connectivity index (χ1) is 6.88. The van der Waals surface area contributed by atoms with Crippen LogP contribution < -0.4 is 4.74 Å². The minimum atomic E-state index is 0.850. The minimum Gasteiger partial charge on any atom is -0.497 e. The number of aromatic nitrogens is 2. The van der Waals surface area contributed by atoms with E-state index in [1.165, 1.54) is 0 Å². The first kappa shape index (κ1) is 7.82. The van der Waals surface area contributed by atoms with Crippen molar-refractivity contribution in [2.24, 2.45) is 0 Å². The van der Waals surface area contributed by atoms with Crippen LogP contribution in [0.25, 0.3) is 16.0 Å². The molecule has 2 heterocycles. The molecule has 0 unspecified atom stereocenters. The van der Waals surface area contributed by atoms with Crippen molar-refractivity contribution in [3.8, 4) is 5.75 Å². The molecule has 0 saturated heterocycles. The second kappa shape index (κ2) is 2.72. The van der Waals surface area contributed by atoms with E-state index in [1.54, 1.807) is 18.4 Å². The van der Waals surface area contributed by atoms with Gasteiger partial charge in [-0.3, -0.25) is 4.40 Å². The first-order valence-corrected chi connectivity index (χ1v) is 5.16. The van der Waals surface area contributed by atoms with Crippen LogP contribution in [0.15, 0.2) is 29.8 Å². The Balaban J connectivity index is 2.43. The summed E-state index contributed by atoms with van der Waals surface area (Å²) in [5.74, 6) is 0.850. The van der Waals surface area contributed by atoms with Gasteiger partial charge in [0.2, 0.25) is 0 Å². The Morgan fingerprint density at radius 2 is 2.36 bits per heavy atom. The highest BCUT2D eigenvalue weighted by Gasteiger charge is 2.05. The van der Waals surface area contributed by atoms with Crippen LogP contribution >= 0.6 is 11.3 Å². The summed E-state index contributed by atoms with van der Waals surface area (Å²) in [5, 5.41) is 2.03. The lowest BCUT2D eigenvalue weighted by atomic mass is 10.3. The van der Waals surface area contributed by atoms with Crippen LogP contribution in [0.3, 0.4) is 0 Å². The molecular formula is C10H8N2OS. The van der Waals surface area contributed by atoms with E-state index >= 15 is 0 Å². The molecule has 3 nitrogen and oxygen atoms in total. The van der Waals surface area contributed by atoms with E-state index in [0.29, 0.717) is 0 Å². The predicted molar refractivity (Wildman–Crippen MR) is 57.1 cm³/mol. The minimum absolute atomic E-state index is 0.850. The zero-order valence-electron chi connectivity index (χ0n) is 7.60. The van der Waals surface area contributed by atoms with Gasteiger partial charge in [0, 0.05) is 17.6 Å². The number of ether oxygens (including phenoxy) is 1. The van der Waals surface area contributed by atoms with Crippen molar-refractivity contribution in [1.29, 1.82) is 0 Å². The van der Waals surface area contributed by atoms with Crippen LogP contribution in [0.4, 0.5) is 0 Å². The van der Waals surface area contributed by atoms with Crippen LogP contribution in [0.2, 0.25) is 0 Å². The Bertz CT molecular complexity index is 596. The van der Waals surface area contributed by atoms with E-state index < -0.39 is 0 Å². The third kappa shape index (κ3) is 0.943. The lowest BCUT2D eigenvalue weighted by Gasteiger charge is -1.97. The van der Waals surface area contributed by atoms with Crippen molar-refractivity contribution in [2.45, 2.75) is 0 Å². The van der Waals surface area contributed by atoms with Crippen molar-refractivity contribution >= 4 is 27.3 Å². The predicted octanol–water partition coefficient (Wildman–Crippen LogP) is 2.56. The van der Waals surface area contributed by atoms with E-state index in [-0.39, 0.29) is 0 Å². The summed E-state index contributed by atoms with van der Waals surface area (Å²) < 4.78 is 7.23. The number of rotatable bonds is 1. The molecule has 0 fully saturated rings. The summed E-state index contributed by atoms with van der Waals surface area (Å²) in [4.78, 5) is 5.51. The molecule has 0 N–H and O–H groups in total. The summed E-state index contributed by atoms with van der Waals surface area (Å²) in [6.45, 7) is 0. The molecule has 4 heteroatoms. The fraction of sp³-hybridized carbons (Fsp3) is 0.100. The van der Waals surface area contributed by atoms with Crippen LogP contribution in [-0.4, -0.2) is 16.5 Å². The van der Waals surface area contributed by atoms with Gasteiger partial charge in [-0.2, -0.15) is 0 Å². The number of nitrogens with zero attached hydrogens (tertiary/aromatic N) is 2. The summed E-state index contributed by atoms with van der Waals surface area (Å²) in [5.41, 5.74) is 2.11. The quantitative estimate of drug-likeness (QED) is 0.609. The number of methoxy groups -OCH3 is 1. The van der Waals surface area contributed by atoms with Gasteiger partial charge in [-0.15, -0.1) is 11.3 Å². The van der Waals surface area contributed by atoms with Gasteiger partial charge in [-0.1, -0.05) is 0 Å². The topological polar surface area (TPSA) is 26.5 Å². The Morgan fingerprint density at radius 3 is 3.21 bits per heavy atom. The monoisotopic (exact) mass is 204 g/mol. The van der Waals surface area contributed by atoms with Gasteiger partial charge in [-0.25, -0.2) is 4.98 Å². The highest BCUT2D eigenvalue weighted by atomic mass is 32.1. The molecule has 1 aromatic carbocycles. The van der Waals surface area contributed by atoms with Gasteiger partial charge in [0.15, 0.2) is 4.96 Å². The third-order valence-electron chi connectivity index (χ3n) is 2.25. The van der Waals surface area contributed by atoms with E-state index in [2.05, 4.69) is 9.38 Å². The molecule has 0 aliphatic carbocycles. The van der Waals surface area contributed by atoms with Crippen molar-refractivity contribution < 1.29 is 4.74 Å². The lowest BCUT2D eigenvalue weighted by Crippen LogP contribution is -1.82. The average Bonchev–Trinajstić information content (AvgIpc) is 2.75. The van der Waals surface area contributed by atoms with Crippen molar-refractivity contribution in [3.05, 3.63) is 29.8 Å². The second-order valence-electron chi connectivity index (χ2n) is 3.02. The van der Waals surface area contributed by atoms with E-state index in [4.69, 9.17) is 4.74 Å². The SMILES string of the molecule is COc1ccc2c(c1)nc1sccn12. The second-order valence-corrected chi connectivity index (χ2v) is 3.90. The van der Waals surface area contributed by atoms with Gasteiger partial charge in [-0.05, 0) is 12.1 Å². The van der Waals surface area contributed by atoms with E-state index in [1.807, 2.05) is 29.8 Å². The molecule has 0 bridgehead atoms. The fourth-order valence-electron chi connectivity index (χ4n) is 1.56. The van der Waals surface area contributed by atoms with Crippen LogP contribution in [0, 0.1) is 0 Å². The van der Waals surface area contributed by atoms with E-state index in [0.717, 1.165) is 21.7 Å². The highest BCUT2D eigenvalue weighted by Crippen LogP contribution is 2.23. The molecular weight excluding hydrogens is 196 g/mol.